The fraction of sp³-hybridized carbons (Fsp3) is 0.250. The number of hydrogen-bond acceptors (Lipinski definition) is 6. The predicted molar refractivity (Wildman–Crippen MR) is 92.8 cm³/mol. The molecule has 1 atom stereocenters. The van der Waals surface area contributed by atoms with Crippen LogP contribution in [-0.2, 0) is 11.8 Å². The molecule has 0 fully saturated rings. The van der Waals surface area contributed by atoms with Crippen LogP contribution in [0.3, 0.4) is 0 Å². The highest BCUT2D eigenvalue weighted by Gasteiger charge is 2.48. The molecule has 1 amide bonds. The molecule has 4 rings (SSSR count). The number of aromatic nitrogens is 2. The van der Waals surface area contributed by atoms with Gasteiger partial charge in [-0.25, -0.2) is 4.79 Å². The van der Waals surface area contributed by atoms with Crippen LogP contribution in [0.15, 0.2) is 39.0 Å². The van der Waals surface area contributed by atoms with Gasteiger partial charge in [-0.2, -0.15) is 5.10 Å². The second kappa shape index (κ2) is 5.07. The van der Waals surface area contributed by atoms with Crippen molar-refractivity contribution in [3.63, 3.8) is 0 Å². The molecule has 0 saturated heterocycles. The lowest BCUT2D eigenvalue weighted by molar-refractivity contribution is -0.121. The van der Waals surface area contributed by atoms with E-state index in [0.29, 0.717) is 5.71 Å². The summed E-state index contributed by atoms with van der Waals surface area (Å²) >= 11 is 0. The van der Waals surface area contributed by atoms with Gasteiger partial charge in [0.1, 0.15) is 11.5 Å². The van der Waals surface area contributed by atoms with E-state index in [-0.39, 0.29) is 17.9 Å². The molecule has 2 aliphatic rings. The zero-order chi connectivity index (χ0) is 17.8. The maximum absolute atomic E-state index is 12.6. The summed E-state index contributed by atoms with van der Waals surface area (Å²) in [4.78, 5) is 38.7. The number of aromatic amines is 1. The van der Waals surface area contributed by atoms with E-state index in [2.05, 4.69) is 26.1 Å². The zero-order valence-electron chi connectivity index (χ0n) is 13.6. The number of benzene rings is 1. The highest BCUT2D eigenvalue weighted by Crippen LogP contribution is 2.30. The van der Waals surface area contributed by atoms with E-state index in [1.807, 2.05) is 31.2 Å². The smallest absolute Gasteiger partial charge is 0.329 e. The van der Waals surface area contributed by atoms with Gasteiger partial charge in [0.05, 0.1) is 5.71 Å². The lowest BCUT2D eigenvalue weighted by atomic mass is 9.96. The summed E-state index contributed by atoms with van der Waals surface area (Å²) in [7, 11) is 1.47. The van der Waals surface area contributed by atoms with Crippen molar-refractivity contribution >= 4 is 23.1 Å². The van der Waals surface area contributed by atoms with Crippen molar-refractivity contribution in [2.24, 2.45) is 12.1 Å². The number of rotatable bonds is 1. The third kappa shape index (κ3) is 2.24. The van der Waals surface area contributed by atoms with Gasteiger partial charge in [-0.1, -0.05) is 29.8 Å². The van der Waals surface area contributed by atoms with Crippen LogP contribution in [0.2, 0.25) is 0 Å². The summed E-state index contributed by atoms with van der Waals surface area (Å²) in [5.41, 5.74) is 3.19. The number of amides is 1. The summed E-state index contributed by atoms with van der Waals surface area (Å²) in [6.45, 7) is 1.99. The molecule has 25 heavy (non-hydrogen) atoms. The Morgan fingerprint density at radius 1 is 1.16 bits per heavy atom. The molecule has 9 nitrogen and oxygen atoms in total. The standard InChI is InChI=1S/C16H16N6O3/c1-8-3-5-9(6-4-8)10-7-16(21-20-10)14(24)17-12-11(19-16)13(23)18-15(25)22(12)2/h3-6,19,21H,7H2,1-2H3,(H,17,24)(H,18,23,25). The second-order valence-corrected chi connectivity index (χ2v) is 6.24. The SMILES string of the molecule is Cc1ccc(C2=NNC3(C2)Nc2c(n(C)c(=O)[nH]c2=O)NC3=O)cc1. The number of anilines is 2. The molecule has 128 valence electrons. The Kier molecular flexibility index (Phi) is 3.08. The number of fused-ring (bicyclic) bond motifs is 1. The molecule has 9 heteroatoms. The van der Waals surface area contributed by atoms with Crippen molar-refractivity contribution in [2.45, 2.75) is 19.0 Å². The molecule has 3 heterocycles. The van der Waals surface area contributed by atoms with E-state index >= 15 is 0 Å². The van der Waals surface area contributed by atoms with Gasteiger partial charge >= 0.3 is 5.69 Å². The summed E-state index contributed by atoms with van der Waals surface area (Å²) < 4.78 is 1.17. The Morgan fingerprint density at radius 2 is 1.88 bits per heavy atom. The van der Waals surface area contributed by atoms with Gasteiger partial charge in [0, 0.05) is 13.5 Å². The minimum absolute atomic E-state index is 0.120. The van der Waals surface area contributed by atoms with Gasteiger partial charge in [0.15, 0.2) is 0 Å². The van der Waals surface area contributed by atoms with Crippen molar-refractivity contribution in [3.8, 4) is 0 Å². The van der Waals surface area contributed by atoms with Crippen LogP contribution in [0.25, 0.3) is 0 Å². The number of H-pyrrole nitrogens is 1. The maximum Gasteiger partial charge on any atom is 0.329 e. The number of hydrazone groups is 1. The predicted octanol–water partition coefficient (Wildman–Crippen LogP) is -0.160. The van der Waals surface area contributed by atoms with Crippen LogP contribution in [0, 0.1) is 6.92 Å². The Morgan fingerprint density at radius 3 is 2.60 bits per heavy atom. The molecule has 1 spiro atoms. The van der Waals surface area contributed by atoms with Gasteiger partial charge in [-0.15, -0.1) is 0 Å². The third-order valence-corrected chi connectivity index (χ3v) is 4.48. The first kappa shape index (κ1) is 15.2. The van der Waals surface area contributed by atoms with E-state index in [4.69, 9.17) is 0 Å². The average molecular weight is 340 g/mol. The largest absolute Gasteiger partial charge is 0.346 e. The van der Waals surface area contributed by atoms with Crippen molar-refractivity contribution in [1.29, 1.82) is 0 Å². The number of aryl methyl sites for hydroxylation is 1. The number of nitrogens with zero attached hydrogens (tertiary/aromatic N) is 2. The topological polar surface area (TPSA) is 120 Å². The van der Waals surface area contributed by atoms with Gasteiger partial charge < -0.3 is 10.6 Å². The zero-order valence-corrected chi connectivity index (χ0v) is 13.6. The van der Waals surface area contributed by atoms with Crippen LogP contribution in [0.5, 0.6) is 0 Å². The van der Waals surface area contributed by atoms with Gasteiger partial charge in [0.2, 0.25) is 5.66 Å². The summed E-state index contributed by atoms with van der Waals surface area (Å²) in [6, 6.07) is 7.79. The Bertz CT molecular complexity index is 1030. The minimum Gasteiger partial charge on any atom is -0.346 e. The molecular weight excluding hydrogens is 324 g/mol. The van der Waals surface area contributed by atoms with Crippen molar-refractivity contribution in [3.05, 3.63) is 56.2 Å². The highest BCUT2D eigenvalue weighted by atomic mass is 16.2. The molecule has 2 aromatic rings. The summed E-state index contributed by atoms with van der Waals surface area (Å²) in [6.07, 6.45) is 0.254. The normalized spacial score (nSPS) is 21.2. The summed E-state index contributed by atoms with van der Waals surface area (Å²) in [5, 5.41) is 9.83. The second-order valence-electron chi connectivity index (χ2n) is 6.24. The summed E-state index contributed by atoms with van der Waals surface area (Å²) in [5.74, 6) is -0.276. The minimum atomic E-state index is -1.27. The van der Waals surface area contributed by atoms with Gasteiger partial charge in [-0.3, -0.25) is 24.6 Å². The van der Waals surface area contributed by atoms with Crippen molar-refractivity contribution < 1.29 is 4.79 Å². The average Bonchev–Trinajstić information content (AvgIpc) is 3.01. The molecule has 1 unspecified atom stereocenters. The molecule has 0 bridgehead atoms. The first-order valence-corrected chi connectivity index (χ1v) is 7.73. The third-order valence-electron chi connectivity index (χ3n) is 4.48. The van der Waals surface area contributed by atoms with E-state index in [9.17, 15) is 14.4 Å². The Labute approximate surface area is 141 Å². The number of nitrogens with one attached hydrogen (secondary N) is 4. The van der Waals surface area contributed by atoms with E-state index < -0.39 is 22.8 Å². The highest BCUT2D eigenvalue weighted by molar-refractivity contribution is 6.12. The van der Waals surface area contributed by atoms with Crippen LogP contribution in [-0.4, -0.2) is 26.8 Å². The van der Waals surface area contributed by atoms with Crippen molar-refractivity contribution in [2.75, 3.05) is 10.6 Å². The van der Waals surface area contributed by atoms with Crippen LogP contribution in [0.1, 0.15) is 17.5 Å². The number of carbonyl (C=O) groups is 1. The molecule has 0 saturated carbocycles. The fourth-order valence-corrected chi connectivity index (χ4v) is 2.98. The molecule has 0 radical (unpaired) electrons. The Hall–Kier alpha value is -3.36. The molecule has 1 aromatic heterocycles. The number of carbonyl (C=O) groups excluding carboxylic acids is 1. The van der Waals surface area contributed by atoms with Crippen LogP contribution in [0.4, 0.5) is 11.5 Å². The molecule has 0 aliphatic carbocycles. The quantitative estimate of drug-likeness (QED) is 0.575. The fourth-order valence-electron chi connectivity index (χ4n) is 2.98. The van der Waals surface area contributed by atoms with Gasteiger partial charge in [-0.05, 0) is 12.5 Å². The van der Waals surface area contributed by atoms with Crippen molar-refractivity contribution in [1.82, 2.24) is 15.0 Å². The van der Waals surface area contributed by atoms with E-state index in [0.717, 1.165) is 11.1 Å². The molecule has 2 aliphatic heterocycles. The lowest BCUT2D eigenvalue weighted by Gasteiger charge is -2.34. The molecular formula is C16H16N6O3. The first-order valence-electron chi connectivity index (χ1n) is 7.73. The maximum atomic E-state index is 12.6. The monoisotopic (exact) mass is 340 g/mol. The molecule has 4 N–H and O–H groups in total. The number of hydrogen-bond donors (Lipinski definition) is 4. The first-order chi connectivity index (χ1) is 11.9. The lowest BCUT2D eigenvalue weighted by Crippen LogP contribution is -2.61. The Balaban J connectivity index is 1.71. The van der Waals surface area contributed by atoms with Crippen LogP contribution < -0.4 is 27.3 Å². The van der Waals surface area contributed by atoms with Crippen LogP contribution >= 0.6 is 0 Å². The van der Waals surface area contributed by atoms with E-state index in [1.165, 1.54) is 11.6 Å². The molecule has 1 aromatic carbocycles. The van der Waals surface area contributed by atoms with Gasteiger partial charge in [0.25, 0.3) is 11.5 Å². The van der Waals surface area contributed by atoms with E-state index in [1.54, 1.807) is 0 Å².